The van der Waals surface area contributed by atoms with Crippen LogP contribution in [0.5, 0.6) is 0 Å². The standard InChI is InChI=1S/C16H19N5O2S/c22-15(13-10-24-11-18-13)21-7-8-23-14(9-21)12-3-4-17-16(19-12)20-5-1-2-6-20/h3-4,10-11,14H,1-2,5-9H2. The lowest BCUT2D eigenvalue weighted by Gasteiger charge is -2.32. The highest BCUT2D eigenvalue weighted by Crippen LogP contribution is 2.24. The molecule has 8 heteroatoms. The molecular formula is C16H19N5O2S. The van der Waals surface area contributed by atoms with E-state index in [2.05, 4.69) is 19.9 Å². The Morgan fingerprint density at radius 1 is 1.25 bits per heavy atom. The van der Waals surface area contributed by atoms with Crippen molar-refractivity contribution in [2.24, 2.45) is 0 Å². The van der Waals surface area contributed by atoms with E-state index < -0.39 is 0 Å². The Labute approximate surface area is 144 Å². The number of carbonyl (C=O) groups is 1. The molecule has 4 rings (SSSR count). The van der Waals surface area contributed by atoms with E-state index in [0.717, 1.165) is 24.7 Å². The van der Waals surface area contributed by atoms with Crippen LogP contribution in [0.3, 0.4) is 0 Å². The smallest absolute Gasteiger partial charge is 0.273 e. The van der Waals surface area contributed by atoms with Gasteiger partial charge in [0.25, 0.3) is 5.91 Å². The Morgan fingerprint density at radius 2 is 2.12 bits per heavy atom. The summed E-state index contributed by atoms with van der Waals surface area (Å²) < 4.78 is 5.86. The highest BCUT2D eigenvalue weighted by molar-refractivity contribution is 7.07. The van der Waals surface area contributed by atoms with E-state index >= 15 is 0 Å². The molecule has 0 spiro atoms. The van der Waals surface area contributed by atoms with Gasteiger partial charge in [-0.25, -0.2) is 15.0 Å². The number of hydrogen-bond acceptors (Lipinski definition) is 7. The summed E-state index contributed by atoms with van der Waals surface area (Å²) in [4.78, 5) is 29.6. The van der Waals surface area contributed by atoms with Gasteiger partial charge < -0.3 is 14.5 Å². The van der Waals surface area contributed by atoms with Crippen molar-refractivity contribution in [1.82, 2.24) is 19.9 Å². The summed E-state index contributed by atoms with van der Waals surface area (Å²) in [5.41, 5.74) is 3.02. The fourth-order valence-electron chi connectivity index (χ4n) is 3.10. The molecule has 0 aromatic carbocycles. The summed E-state index contributed by atoms with van der Waals surface area (Å²) in [7, 11) is 0. The van der Waals surface area contributed by atoms with Crippen LogP contribution >= 0.6 is 11.3 Å². The maximum Gasteiger partial charge on any atom is 0.273 e. The lowest BCUT2D eigenvalue weighted by atomic mass is 10.2. The zero-order chi connectivity index (χ0) is 16.4. The van der Waals surface area contributed by atoms with Crippen molar-refractivity contribution < 1.29 is 9.53 Å². The molecule has 2 aliphatic heterocycles. The van der Waals surface area contributed by atoms with E-state index in [0.29, 0.717) is 25.4 Å². The quantitative estimate of drug-likeness (QED) is 0.844. The Morgan fingerprint density at radius 3 is 2.92 bits per heavy atom. The molecule has 2 fully saturated rings. The Bertz CT molecular complexity index is 702. The van der Waals surface area contributed by atoms with Crippen LogP contribution in [-0.4, -0.2) is 58.5 Å². The second-order valence-corrected chi connectivity index (χ2v) is 6.68. The van der Waals surface area contributed by atoms with Gasteiger partial charge in [0.15, 0.2) is 0 Å². The first kappa shape index (κ1) is 15.5. The summed E-state index contributed by atoms with van der Waals surface area (Å²) >= 11 is 1.43. The third-order valence-corrected chi connectivity index (χ3v) is 4.97. The number of thiazole rings is 1. The fourth-order valence-corrected chi connectivity index (χ4v) is 3.63. The van der Waals surface area contributed by atoms with Gasteiger partial charge in [-0.1, -0.05) is 0 Å². The van der Waals surface area contributed by atoms with Crippen LogP contribution in [0.4, 0.5) is 5.95 Å². The molecule has 2 saturated heterocycles. The number of carbonyl (C=O) groups excluding carboxylic acids is 1. The van der Waals surface area contributed by atoms with Crippen molar-refractivity contribution >= 4 is 23.2 Å². The van der Waals surface area contributed by atoms with Gasteiger partial charge in [0.2, 0.25) is 5.95 Å². The molecule has 4 heterocycles. The molecule has 126 valence electrons. The normalized spacial score (nSPS) is 21.2. The second-order valence-electron chi connectivity index (χ2n) is 5.96. The molecule has 0 saturated carbocycles. The Hall–Kier alpha value is -2.06. The zero-order valence-corrected chi connectivity index (χ0v) is 14.1. The minimum Gasteiger partial charge on any atom is -0.368 e. The van der Waals surface area contributed by atoms with Gasteiger partial charge in [-0.2, -0.15) is 0 Å². The predicted molar refractivity (Wildman–Crippen MR) is 90.2 cm³/mol. The summed E-state index contributed by atoms with van der Waals surface area (Å²) in [5, 5.41) is 1.78. The number of hydrogen-bond donors (Lipinski definition) is 0. The molecule has 2 aliphatic rings. The number of aromatic nitrogens is 3. The van der Waals surface area contributed by atoms with Crippen LogP contribution in [-0.2, 0) is 4.74 Å². The largest absolute Gasteiger partial charge is 0.368 e. The van der Waals surface area contributed by atoms with E-state index in [1.165, 1.54) is 24.2 Å². The molecule has 1 amide bonds. The van der Waals surface area contributed by atoms with Crippen LogP contribution in [0, 0.1) is 0 Å². The van der Waals surface area contributed by atoms with Gasteiger partial charge in [0.05, 0.1) is 24.4 Å². The van der Waals surface area contributed by atoms with Crippen LogP contribution in [0.1, 0.15) is 35.1 Å². The first-order valence-corrected chi connectivity index (χ1v) is 9.12. The monoisotopic (exact) mass is 345 g/mol. The molecule has 24 heavy (non-hydrogen) atoms. The molecule has 0 N–H and O–H groups in total. The number of morpholine rings is 1. The van der Waals surface area contributed by atoms with Crippen molar-refractivity contribution in [3.05, 3.63) is 34.5 Å². The van der Waals surface area contributed by atoms with Gasteiger partial charge in [-0.05, 0) is 18.9 Å². The molecule has 1 atom stereocenters. The summed E-state index contributed by atoms with van der Waals surface area (Å²) in [6, 6.07) is 1.88. The van der Waals surface area contributed by atoms with E-state index in [9.17, 15) is 4.79 Å². The van der Waals surface area contributed by atoms with Crippen molar-refractivity contribution in [3.63, 3.8) is 0 Å². The number of rotatable bonds is 3. The molecule has 0 aliphatic carbocycles. The van der Waals surface area contributed by atoms with Crippen LogP contribution < -0.4 is 4.90 Å². The highest BCUT2D eigenvalue weighted by Gasteiger charge is 2.28. The molecule has 7 nitrogen and oxygen atoms in total. The maximum atomic E-state index is 12.5. The maximum absolute atomic E-state index is 12.5. The molecule has 0 radical (unpaired) electrons. The van der Waals surface area contributed by atoms with Crippen molar-refractivity contribution in [2.75, 3.05) is 37.7 Å². The summed E-state index contributed by atoms with van der Waals surface area (Å²) in [5.74, 6) is 0.718. The first-order chi connectivity index (χ1) is 11.8. The number of anilines is 1. The SMILES string of the molecule is O=C(c1cscn1)N1CCOC(c2ccnc(N3CCCC3)n2)C1. The van der Waals surface area contributed by atoms with E-state index in [1.54, 1.807) is 22.0 Å². The van der Waals surface area contributed by atoms with Gasteiger partial charge in [0, 0.05) is 31.2 Å². The third kappa shape index (κ3) is 3.11. The molecule has 1 unspecified atom stereocenters. The second kappa shape index (κ2) is 6.82. The van der Waals surface area contributed by atoms with Gasteiger partial charge >= 0.3 is 0 Å². The molecule has 2 aromatic rings. The molecule has 2 aromatic heterocycles. The first-order valence-electron chi connectivity index (χ1n) is 8.18. The van der Waals surface area contributed by atoms with Crippen molar-refractivity contribution in [3.8, 4) is 0 Å². The van der Waals surface area contributed by atoms with Crippen LogP contribution in [0.25, 0.3) is 0 Å². The van der Waals surface area contributed by atoms with Crippen LogP contribution in [0.2, 0.25) is 0 Å². The Kier molecular flexibility index (Phi) is 4.40. The number of amides is 1. The number of nitrogens with zero attached hydrogens (tertiary/aromatic N) is 5. The van der Waals surface area contributed by atoms with Crippen molar-refractivity contribution in [2.45, 2.75) is 18.9 Å². The van der Waals surface area contributed by atoms with E-state index in [1.807, 2.05) is 6.07 Å². The number of ether oxygens (including phenoxy) is 1. The third-order valence-electron chi connectivity index (χ3n) is 4.39. The van der Waals surface area contributed by atoms with E-state index in [4.69, 9.17) is 4.74 Å². The van der Waals surface area contributed by atoms with Gasteiger partial charge in [0.1, 0.15) is 11.8 Å². The zero-order valence-electron chi connectivity index (χ0n) is 13.3. The Balaban J connectivity index is 1.49. The lowest BCUT2D eigenvalue weighted by Crippen LogP contribution is -2.42. The average Bonchev–Trinajstić information content (AvgIpc) is 3.35. The summed E-state index contributed by atoms with van der Waals surface area (Å²) in [6.45, 7) is 3.58. The molecular weight excluding hydrogens is 326 g/mol. The van der Waals surface area contributed by atoms with Gasteiger partial charge in [-0.3, -0.25) is 4.79 Å². The van der Waals surface area contributed by atoms with Crippen molar-refractivity contribution in [1.29, 1.82) is 0 Å². The molecule has 0 bridgehead atoms. The van der Waals surface area contributed by atoms with Gasteiger partial charge in [-0.15, -0.1) is 11.3 Å². The fraction of sp³-hybridized carbons (Fsp3) is 0.500. The topological polar surface area (TPSA) is 71.5 Å². The minimum absolute atomic E-state index is 0.0432. The predicted octanol–water partition coefficient (Wildman–Crippen LogP) is 1.75. The average molecular weight is 345 g/mol. The minimum atomic E-state index is -0.217. The summed E-state index contributed by atoms with van der Waals surface area (Å²) in [6.07, 6.45) is 3.93. The van der Waals surface area contributed by atoms with E-state index in [-0.39, 0.29) is 12.0 Å². The lowest BCUT2D eigenvalue weighted by molar-refractivity contribution is -0.0249. The van der Waals surface area contributed by atoms with Crippen LogP contribution in [0.15, 0.2) is 23.2 Å². The highest BCUT2D eigenvalue weighted by atomic mass is 32.1.